The predicted octanol–water partition coefficient (Wildman–Crippen LogP) is 5.05. The van der Waals surface area contributed by atoms with Gasteiger partial charge in [0.2, 0.25) is 0 Å². The number of carbonyl (C=O) groups excluding carboxylic acids is 2. The highest BCUT2D eigenvalue weighted by Gasteiger charge is 2.47. The molecule has 0 aromatic rings. The molecule has 9 unspecified atom stereocenters. The van der Waals surface area contributed by atoms with E-state index in [1.54, 1.807) is 30.9 Å². The minimum Gasteiger partial charge on any atom is -0.465 e. The lowest BCUT2D eigenvalue weighted by molar-refractivity contribution is -0.147. The zero-order chi connectivity index (χ0) is 37.2. The molecule has 1 aliphatic carbocycles. The van der Waals surface area contributed by atoms with E-state index in [4.69, 9.17) is 14.2 Å². The SMILES string of the molecule is C/C1=C\C=C\C(C)(O)CC2OC2C(C)C(O)CCOC(=O)CC(O)CCC(C)(O)C(OC(=O)N2CCN(C3CCCCCC3)CC2)/C=C/C(C)C1. The number of hydrogen-bond acceptors (Lipinski definition) is 10. The van der Waals surface area contributed by atoms with Crippen molar-refractivity contribution in [3.63, 3.8) is 0 Å². The molecule has 1 amide bonds. The summed E-state index contributed by atoms with van der Waals surface area (Å²) in [6.07, 6.45) is 14.4. The van der Waals surface area contributed by atoms with E-state index in [1.807, 2.05) is 39.0 Å². The summed E-state index contributed by atoms with van der Waals surface area (Å²) in [6, 6.07) is 0.578. The highest BCUT2D eigenvalue weighted by atomic mass is 16.6. The Morgan fingerprint density at radius 2 is 1.63 bits per heavy atom. The van der Waals surface area contributed by atoms with E-state index < -0.39 is 41.6 Å². The normalized spacial score (nSPS) is 40.3. The van der Waals surface area contributed by atoms with Crippen molar-refractivity contribution in [2.24, 2.45) is 11.8 Å². The fourth-order valence-electron chi connectivity index (χ4n) is 7.79. The van der Waals surface area contributed by atoms with Crippen molar-refractivity contribution in [2.45, 2.75) is 159 Å². The maximum Gasteiger partial charge on any atom is 0.410 e. The second-order valence-corrected chi connectivity index (χ2v) is 16.3. The second kappa shape index (κ2) is 19.2. The van der Waals surface area contributed by atoms with Crippen molar-refractivity contribution >= 4 is 12.1 Å². The predicted molar refractivity (Wildman–Crippen MR) is 196 cm³/mol. The van der Waals surface area contributed by atoms with E-state index in [0.29, 0.717) is 32.0 Å². The number of rotatable bonds is 2. The quantitative estimate of drug-likeness (QED) is 0.132. The molecule has 9 atom stereocenters. The van der Waals surface area contributed by atoms with Crippen LogP contribution in [0.3, 0.4) is 0 Å². The fraction of sp³-hybridized carbons (Fsp3) is 0.800. The molecule has 2 saturated heterocycles. The van der Waals surface area contributed by atoms with E-state index >= 15 is 0 Å². The number of aliphatic hydroxyl groups is 4. The Kier molecular flexibility index (Phi) is 15.6. The molecule has 51 heavy (non-hydrogen) atoms. The number of carbonyl (C=O) groups is 2. The van der Waals surface area contributed by atoms with Crippen molar-refractivity contribution in [2.75, 3.05) is 32.8 Å². The number of nitrogens with zero attached hydrogens (tertiary/aromatic N) is 2. The van der Waals surface area contributed by atoms with Crippen molar-refractivity contribution in [1.82, 2.24) is 9.80 Å². The van der Waals surface area contributed by atoms with Crippen LogP contribution in [-0.2, 0) is 19.0 Å². The molecule has 4 aliphatic rings. The lowest BCUT2D eigenvalue weighted by atomic mass is 9.89. The van der Waals surface area contributed by atoms with Gasteiger partial charge < -0.3 is 39.5 Å². The van der Waals surface area contributed by atoms with Gasteiger partial charge in [-0.25, -0.2) is 4.79 Å². The molecule has 0 aromatic heterocycles. The first-order valence-electron chi connectivity index (χ1n) is 19.5. The van der Waals surface area contributed by atoms with Gasteiger partial charge >= 0.3 is 12.1 Å². The lowest BCUT2D eigenvalue weighted by Gasteiger charge is -2.40. The third-order valence-corrected chi connectivity index (χ3v) is 11.3. The number of aliphatic hydroxyl groups excluding tert-OH is 2. The van der Waals surface area contributed by atoms with Crippen molar-refractivity contribution < 1.29 is 44.2 Å². The summed E-state index contributed by atoms with van der Waals surface area (Å²) in [5, 5.41) is 44.1. The van der Waals surface area contributed by atoms with Crippen LogP contribution in [0.15, 0.2) is 36.0 Å². The Labute approximate surface area is 305 Å². The average Bonchev–Trinajstić information content (AvgIpc) is 3.87. The summed E-state index contributed by atoms with van der Waals surface area (Å²) >= 11 is 0. The van der Waals surface area contributed by atoms with Gasteiger partial charge in [-0.3, -0.25) is 9.69 Å². The smallest absolute Gasteiger partial charge is 0.410 e. The van der Waals surface area contributed by atoms with Crippen LogP contribution in [0.5, 0.6) is 0 Å². The third-order valence-electron chi connectivity index (χ3n) is 11.3. The molecule has 3 aliphatic heterocycles. The zero-order valence-electron chi connectivity index (χ0n) is 31.8. The maximum absolute atomic E-state index is 13.5. The Balaban J connectivity index is 1.44. The highest BCUT2D eigenvalue weighted by molar-refractivity contribution is 5.70. The number of piperazine rings is 1. The molecule has 4 N–H and O–H groups in total. The van der Waals surface area contributed by atoms with Crippen LogP contribution in [0.25, 0.3) is 0 Å². The summed E-state index contributed by atoms with van der Waals surface area (Å²) in [5.74, 6) is -0.751. The number of fused-ring (bicyclic) bond motifs is 1. The van der Waals surface area contributed by atoms with Gasteiger partial charge in [-0.2, -0.15) is 0 Å². The number of amides is 1. The Morgan fingerprint density at radius 3 is 2.31 bits per heavy atom. The average molecular weight is 719 g/mol. The molecule has 11 heteroatoms. The molecule has 0 spiro atoms. The minimum atomic E-state index is -1.52. The number of allylic oxidation sites excluding steroid dienone is 4. The summed E-state index contributed by atoms with van der Waals surface area (Å²) in [7, 11) is 0. The van der Waals surface area contributed by atoms with E-state index in [-0.39, 0.29) is 56.3 Å². The molecule has 0 radical (unpaired) electrons. The number of hydrogen-bond donors (Lipinski definition) is 4. The van der Waals surface area contributed by atoms with Gasteiger partial charge in [0.25, 0.3) is 0 Å². The van der Waals surface area contributed by atoms with Gasteiger partial charge in [0.05, 0.1) is 43.0 Å². The van der Waals surface area contributed by atoms with Gasteiger partial charge in [-0.1, -0.05) is 69.4 Å². The van der Waals surface area contributed by atoms with Crippen LogP contribution in [0.2, 0.25) is 0 Å². The lowest BCUT2D eigenvalue weighted by Crippen LogP contribution is -2.53. The molecule has 290 valence electrons. The van der Waals surface area contributed by atoms with Gasteiger partial charge in [0, 0.05) is 51.0 Å². The molecule has 3 heterocycles. The molecular weight excluding hydrogens is 652 g/mol. The highest BCUT2D eigenvalue weighted by Crippen LogP contribution is 2.38. The Hall–Kier alpha value is -2.28. The van der Waals surface area contributed by atoms with Gasteiger partial charge in [0.1, 0.15) is 5.60 Å². The zero-order valence-corrected chi connectivity index (χ0v) is 31.8. The van der Waals surface area contributed by atoms with Crippen molar-refractivity contribution in [3.8, 4) is 0 Å². The Bertz CT molecular complexity index is 1200. The van der Waals surface area contributed by atoms with Crippen LogP contribution in [0, 0.1) is 11.8 Å². The molecule has 3 fully saturated rings. The van der Waals surface area contributed by atoms with Crippen LogP contribution in [0.4, 0.5) is 4.79 Å². The summed E-state index contributed by atoms with van der Waals surface area (Å²) < 4.78 is 17.1. The molecule has 0 aromatic carbocycles. The first kappa shape index (κ1) is 41.5. The van der Waals surface area contributed by atoms with E-state index in [0.717, 1.165) is 18.7 Å². The molecule has 1 saturated carbocycles. The first-order valence-corrected chi connectivity index (χ1v) is 19.5. The van der Waals surface area contributed by atoms with E-state index in [1.165, 1.54) is 38.5 Å². The number of cyclic esters (lactones) is 1. The van der Waals surface area contributed by atoms with Crippen molar-refractivity contribution in [3.05, 3.63) is 36.0 Å². The van der Waals surface area contributed by atoms with Crippen LogP contribution < -0.4 is 0 Å². The van der Waals surface area contributed by atoms with Gasteiger partial charge in [-0.15, -0.1) is 0 Å². The molecule has 11 nitrogen and oxygen atoms in total. The van der Waals surface area contributed by atoms with Crippen LogP contribution in [0.1, 0.15) is 112 Å². The minimum absolute atomic E-state index is 0.00573. The second-order valence-electron chi connectivity index (χ2n) is 16.3. The Morgan fingerprint density at radius 1 is 0.941 bits per heavy atom. The molecule has 4 rings (SSSR count). The number of esters is 1. The third kappa shape index (κ3) is 13.6. The van der Waals surface area contributed by atoms with E-state index in [9.17, 15) is 30.0 Å². The summed E-state index contributed by atoms with van der Waals surface area (Å²) in [6.45, 7) is 12.0. The monoisotopic (exact) mass is 718 g/mol. The summed E-state index contributed by atoms with van der Waals surface area (Å²) in [4.78, 5) is 30.2. The standard InChI is InChI=1S/C40H66N2O9/c1-28-11-10-18-39(4,47)27-34-37(50-34)30(3)33(44)17-24-49-36(45)26-32(43)16-19-40(5,48)35(15-14-29(2)25-28)51-38(46)42-22-20-41(21-23-42)31-12-8-6-7-9-13-31/h10-11,14-15,18,29-35,37,43-44,47-48H,6-9,12-13,16-17,19-27H2,1-5H3/b15-14+,18-10+,28-11+. The topological polar surface area (TPSA) is 153 Å². The van der Waals surface area contributed by atoms with Gasteiger partial charge in [0.15, 0.2) is 6.10 Å². The van der Waals surface area contributed by atoms with Crippen LogP contribution in [-0.4, -0.2) is 123 Å². The molecular formula is C40H66N2O9. The number of epoxide rings is 1. The van der Waals surface area contributed by atoms with Crippen molar-refractivity contribution in [1.29, 1.82) is 0 Å². The van der Waals surface area contributed by atoms with Gasteiger partial charge in [-0.05, 0) is 64.9 Å². The fourth-order valence-corrected chi connectivity index (χ4v) is 7.79. The van der Waals surface area contributed by atoms with E-state index in [2.05, 4.69) is 4.90 Å². The largest absolute Gasteiger partial charge is 0.465 e. The van der Waals surface area contributed by atoms with Crippen LogP contribution >= 0.6 is 0 Å². The summed E-state index contributed by atoms with van der Waals surface area (Å²) in [5.41, 5.74) is -1.52. The number of ether oxygens (including phenoxy) is 3. The maximum atomic E-state index is 13.5. The first-order chi connectivity index (χ1) is 24.1. The molecule has 0 bridgehead atoms.